The van der Waals surface area contributed by atoms with Crippen LogP contribution in [0.5, 0.6) is 0 Å². The quantitative estimate of drug-likeness (QED) is 0.198. The maximum Gasteiger partial charge on any atom is 0.238 e. The van der Waals surface area contributed by atoms with Gasteiger partial charge in [-0.15, -0.1) is 11.3 Å². The maximum atomic E-state index is 9.52. The maximum absolute atomic E-state index is 9.52. The van der Waals surface area contributed by atoms with Crippen LogP contribution in [0.25, 0.3) is 92.6 Å². The fraction of sp³-hybridized carbons (Fsp3) is 0. The van der Waals surface area contributed by atoms with E-state index in [1.807, 2.05) is 0 Å². The molecule has 6 heteroatoms. The molecule has 0 bridgehead atoms. The molecular formula is C39H22N4OS. The summed E-state index contributed by atoms with van der Waals surface area (Å²) in [5.41, 5.74) is -3.02. The second kappa shape index (κ2) is 9.32. The van der Waals surface area contributed by atoms with Crippen molar-refractivity contribution >= 4 is 75.3 Å². The Morgan fingerprint density at radius 1 is 0.556 bits per heavy atom. The summed E-state index contributed by atoms with van der Waals surface area (Å²) >= 11 is 0.771. The van der Waals surface area contributed by atoms with E-state index in [0.29, 0.717) is 0 Å². The molecule has 0 saturated heterocycles. The van der Waals surface area contributed by atoms with E-state index in [9.17, 15) is 5.48 Å². The Morgan fingerprint density at radius 3 is 2.20 bits per heavy atom. The van der Waals surface area contributed by atoms with Gasteiger partial charge in [-0.25, -0.2) is 4.98 Å². The summed E-state index contributed by atoms with van der Waals surface area (Å²) in [4.78, 5) is 13.5. The molecule has 10 aromatic rings. The molecule has 10 rings (SSSR count). The van der Waals surface area contributed by atoms with Gasteiger partial charge in [0.1, 0.15) is 11.2 Å². The molecule has 0 unspecified atom stereocenters. The van der Waals surface area contributed by atoms with Crippen LogP contribution in [-0.2, 0) is 0 Å². The lowest BCUT2D eigenvalue weighted by Gasteiger charge is -2.11. The highest BCUT2D eigenvalue weighted by Crippen LogP contribution is 2.43. The third-order valence-corrected chi connectivity index (χ3v) is 8.30. The number of hydrogen-bond donors (Lipinski definition) is 0. The molecule has 0 saturated carbocycles. The van der Waals surface area contributed by atoms with Crippen molar-refractivity contribution in [2.75, 3.05) is 0 Å². The Bertz CT molecular complexity index is 4000. The summed E-state index contributed by atoms with van der Waals surface area (Å²) in [6, 6.07) is -15.8. The molecule has 4 heterocycles. The van der Waals surface area contributed by atoms with E-state index in [2.05, 4.69) is 15.0 Å². The number of rotatable bonds is 3. The first-order chi connectivity index (χ1) is 31.5. The summed E-state index contributed by atoms with van der Waals surface area (Å²) in [6.45, 7) is 0. The third kappa shape index (κ3) is 3.57. The second-order valence-corrected chi connectivity index (χ2v) is 10.6. The lowest BCUT2D eigenvalue weighted by Crippen LogP contribution is -2.06. The van der Waals surface area contributed by atoms with Gasteiger partial charge in [-0.2, -0.15) is 9.97 Å². The molecule has 5 nitrogen and oxygen atoms in total. The van der Waals surface area contributed by atoms with Crippen LogP contribution in [0.2, 0.25) is 0 Å². The minimum absolute atomic E-state index is 0.00846. The number of aromatic nitrogens is 4. The van der Waals surface area contributed by atoms with Gasteiger partial charge in [0, 0.05) is 47.3 Å². The zero-order valence-electron chi connectivity index (χ0n) is 44.1. The molecule has 0 aliphatic carbocycles. The third-order valence-electron chi connectivity index (χ3n) is 7.18. The topological polar surface area (TPSA) is 56.7 Å². The molecule has 6 aromatic carbocycles. The van der Waals surface area contributed by atoms with E-state index in [4.69, 9.17) is 29.1 Å². The summed E-state index contributed by atoms with van der Waals surface area (Å²) in [6.07, 6.45) is 0. The van der Waals surface area contributed by atoms with Gasteiger partial charge in [-0.05, 0) is 30.2 Å². The van der Waals surface area contributed by atoms with E-state index in [0.717, 1.165) is 15.9 Å². The first-order valence-corrected chi connectivity index (χ1v) is 13.9. The molecule has 0 atom stereocenters. The number of fused-ring (bicyclic) bond motifs is 10. The van der Waals surface area contributed by atoms with E-state index >= 15 is 0 Å². The minimum Gasteiger partial charge on any atom is -0.455 e. The molecule has 0 radical (unpaired) electrons. The van der Waals surface area contributed by atoms with Gasteiger partial charge in [0.2, 0.25) is 5.95 Å². The first-order valence-electron chi connectivity index (χ1n) is 24.1. The van der Waals surface area contributed by atoms with Crippen LogP contribution in [0.4, 0.5) is 0 Å². The monoisotopic (exact) mass is 616 g/mol. The summed E-state index contributed by atoms with van der Waals surface area (Å²) in [5.74, 6) is -2.15. The van der Waals surface area contributed by atoms with Crippen molar-refractivity contribution in [1.29, 1.82) is 0 Å². The average molecular weight is 617 g/mol. The van der Waals surface area contributed by atoms with Crippen LogP contribution in [-0.4, -0.2) is 19.5 Å². The molecular weight excluding hydrogens is 573 g/mol. The first kappa shape index (κ1) is 11.6. The summed E-state index contributed by atoms with van der Waals surface area (Å²) < 4.78 is 199. The van der Waals surface area contributed by atoms with E-state index in [1.54, 1.807) is 0 Å². The molecule has 0 aliphatic rings. The Morgan fingerprint density at radius 2 is 1.29 bits per heavy atom. The smallest absolute Gasteiger partial charge is 0.238 e. The molecule has 4 aromatic heterocycles. The zero-order chi connectivity index (χ0) is 48.6. The van der Waals surface area contributed by atoms with Crippen LogP contribution in [0, 0.1) is 0 Å². The van der Waals surface area contributed by atoms with Crippen LogP contribution >= 0.6 is 11.3 Å². The zero-order valence-corrected chi connectivity index (χ0v) is 22.9. The van der Waals surface area contributed by atoms with Gasteiger partial charge in [0.15, 0.2) is 11.6 Å². The van der Waals surface area contributed by atoms with E-state index in [1.165, 1.54) is 0 Å². The number of thiophene rings is 1. The summed E-state index contributed by atoms with van der Waals surface area (Å²) in [7, 11) is 0. The number of benzene rings is 6. The predicted molar refractivity (Wildman–Crippen MR) is 185 cm³/mol. The standard InChI is InChI=1S/C39H22N4OS/c1-2-11-23(12-3-1)37-40-38(29-17-10-16-26-24-13-5-8-19-32(24)44-35(26)29)42-39(41-37)43-30-18-7-4-15-28(30)34-31(43)22-21-27-25-14-6-9-20-33(25)45-36(27)34/h1-22H/i1D,2D,3D,4D,5D,6D,7D,8D,9D,10D,11D,12D,13D,14D,15D,16D,17D,18D,19D,20D,21D,22D. The molecule has 0 spiro atoms. The number of nitrogens with zero attached hydrogens (tertiary/aromatic N) is 4. The van der Waals surface area contributed by atoms with Gasteiger partial charge in [-0.1, -0.05) is 103 Å². The van der Waals surface area contributed by atoms with Crippen molar-refractivity contribution in [2.24, 2.45) is 0 Å². The normalized spacial score (nSPS) is 18.8. The van der Waals surface area contributed by atoms with Crippen LogP contribution in [0.3, 0.4) is 0 Å². The molecule has 0 aliphatic heterocycles. The van der Waals surface area contributed by atoms with Crippen molar-refractivity contribution in [2.45, 2.75) is 0 Å². The number of para-hydroxylation sites is 3. The Balaban J connectivity index is 1.47. The van der Waals surface area contributed by atoms with Gasteiger partial charge in [0.05, 0.1) is 46.8 Å². The van der Waals surface area contributed by atoms with Crippen molar-refractivity contribution in [1.82, 2.24) is 19.5 Å². The fourth-order valence-electron chi connectivity index (χ4n) is 5.31. The van der Waals surface area contributed by atoms with Gasteiger partial charge in [0.25, 0.3) is 0 Å². The minimum atomic E-state index is -0.842. The second-order valence-electron chi connectivity index (χ2n) is 9.59. The lowest BCUT2D eigenvalue weighted by atomic mass is 10.1. The largest absolute Gasteiger partial charge is 0.455 e. The Hall–Kier alpha value is -5.85. The van der Waals surface area contributed by atoms with Crippen molar-refractivity contribution < 1.29 is 34.6 Å². The van der Waals surface area contributed by atoms with Crippen molar-refractivity contribution in [3.05, 3.63) is 133 Å². The molecule has 0 fully saturated rings. The molecule has 0 N–H and O–H groups in total. The van der Waals surface area contributed by atoms with E-state index < -0.39 is 178 Å². The van der Waals surface area contributed by atoms with Gasteiger partial charge in [-0.3, -0.25) is 4.57 Å². The average Bonchev–Trinajstić information content (AvgIpc) is 4.01. The van der Waals surface area contributed by atoms with Crippen LogP contribution < -0.4 is 0 Å². The SMILES string of the molecule is [2H]c1c([2H])c([2H])c(-c2nc(-c3c([2H])c([2H])c([2H])c4c3oc3c([2H])c([2H])c([2H])c([2H])c34)nc(-n3c4c([2H])c([2H])c([2H])c([2H])c4c4c5sc6c([2H])c([2H])c([2H])c([2H])c6c5c([2H])c([2H])c43)n2)c([2H])c1[2H]. The number of hydrogen-bond acceptors (Lipinski definition) is 5. The van der Waals surface area contributed by atoms with Gasteiger partial charge >= 0.3 is 0 Å². The predicted octanol–water partition coefficient (Wildman–Crippen LogP) is 10.6. The molecule has 210 valence electrons. The summed E-state index contributed by atoms with van der Waals surface area (Å²) in [5, 5.41) is -1.39. The highest BCUT2D eigenvalue weighted by Gasteiger charge is 2.22. The fourth-order valence-corrected chi connectivity index (χ4v) is 6.43. The molecule has 45 heavy (non-hydrogen) atoms. The van der Waals surface area contributed by atoms with Gasteiger partial charge < -0.3 is 4.42 Å². The highest BCUT2D eigenvalue weighted by molar-refractivity contribution is 7.26. The van der Waals surface area contributed by atoms with E-state index in [-0.39, 0.29) is 47.2 Å². The molecule has 0 amide bonds. The van der Waals surface area contributed by atoms with Crippen molar-refractivity contribution in [3.8, 4) is 28.7 Å². The highest BCUT2D eigenvalue weighted by atomic mass is 32.1. The Labute approximate surface area is 291 Å². The lowest BCUT2D eigenvalue weighted by molar-refractivity contribution is 0.669. The number of furan rings is 1. The Kier molecular flexibility index (Phi) is 2.40. The van der Waals surface area contributed by atoms with Crippen molar-refractivity contribution in [3.63, 3.8) is 0 Å². The van der Waals surface area contributed by atoms with Crippen LogP contribution in [0.15, 0.2) is 137 Å². The van der Waals surface area contributed by atoms with Crippen LogP contribution in [0.1, 0.15) is 30.2 Å².